The topological polar surface area (TPSA) is 86.8 Å². The number of nitrogens with two attached hydrogens (primary N) is 1. The summed E-state index contributed by atoms with van der Waals surface area (Å²) < 4.78 is 1.01. The summed E-state index contributed by atoms with van der Waals surface area (Å²) in [5.74, 6) is -0.223. The monoisotopic (exact) mass is 292 g/mol. The van der Waals surface area contributed by atoms with Gasteiger partial charge in [-0.2, -0.15) is 0 Å². The number of β-amino-alcohol motifs (C(OH)–C–C–N with tert-alkyl or cyclic N) is 2. The third-order valence-electron chi connectivity index (χ3n) is 3.69. The van der Waals surface area contributed by atoms with E-state index in [0.717, 1.165) is 15.6 Å². The first kappa shape index (κ1) is 13.4. The van der Waals surface area contributed by atoms with Gasteiger partial charge in [0.2, 0.25) is 0 Å². The van der Waals surface area contributed by atoms with Crippen LogP contribution in [0.3, 0.4) is 0 Å². The second kappa shape index (κ2) is 4.73. The van der Waals surface area contributed by atoms with Crippen molar-refractivity contribution in [1.29, 1.82) is 0 Å². The van der Waals surface area contributed by atoms with Crippen molar-refractivity contribution < 1.29 is 15.0 Å². The maximum atomic E-state index is 12.5. The van der Waals surface area contributed by atoms with Crippen LogP contribution in [0, 0.1) is 6.92 Å². The van der Waals surface area contributed by atoms with E-state index >= 15 is 0 Å². The van der Waals surface area contributed by atoms with Gasteiger partial charge in [0.25, 0.3) is 5.91 Å². The largest absolute Gasteiger partial charge is 0.397 e. The quantitative estimate of drug-likeness (QED) is 0.731. The van der Waals surface area contributed by atoms with Crippen LogP contribution in [0.1, 0.15) is 15.2 Å². The molecule has 0 spiro atoms. The van der Waals surface area contributed by atoms with Crippen molar-refractivity contribution in [1.82, 2.24) is 4.90 Å². The second-order valence-corrected chi connectivity index (χ2v) is 6.16. The number of aryl methyl sites for hydroxylation is 1. The molecule has 106 valence electrons. The van der Waals surface area contributed by atoms with Gasteiger partial charge in [-0.15, -0.1) is 11.3 Å². The number of fused-ring (bicyclic) bond motifs is 1. The Labute approximate surface area is 120 Å². The molecule has 2 heterocycles. The van der Waals surface area contributed by atoms with Gasteiger partial charge in [0.05, 0.1) is 17.9 Å². The van der Waals surface area contributed by atoms with Crippen molar-refractivity contribution in [2.24, 2.45) is 0 Å². The lowest BCUT2D eigenvalue weighted by Gasteiger charge is -2.14. The zero-order valence-corrected chi connectivity index (χ0v) is 11.9. The first-order valence-corrected chi connectivity index (χ1v) is 7.23. The van der Waals surface area contributed by atoms with E-state index in [1.54, 1.807) is 0 Å². The molecule has 1 aliphatic heterocycles. The van der Waals surface area contributed by atoms with Crippen molar-refractivity contribution in [3.63, 3.8) is 0 Å². The van der Waals surface area contributed by atoms with Crippen molar-refractivity contribution >= 4 is 33.0 Å². The smallest absolute Gasteiger partial charge is 0.266 e. The van der Waals surface area contributed by atoms with E-state index < -0.39 is 12.2 Å². The molecule has 1 aliphatic rings. The minimum absolute atomic E-state index is 0.146. The third kappa shape index (κ3) is 1.96. The number of hydrogen-bond donors (Lipinski definition) is 3. The molecule has 0 saturated carbocycles. The molecule has 4 N–H and O–H groups in total. The lowest BCUT2D eigenvalue weighted by atomic mass is 10.1. The van der Waals surface area contributed by atoms with Crippen LogP contribution >= 0.6 is 11.3 Å². The number of aliphatic hydroxyl groups excluding tert-OH is 2. The van der Waals surface area contributed by atoms with E-state index in [1.807, 2.05) is 25.1 Å². The molecule has 1 amide bonds. The van der Waals surface area contributed by atoms with Crippen LogP contribution in [0.15, 0.2) is 18.2 Å². The molecular weight excluding hydrogens is 276 g/mol. The highest BCUT2D eigenvalue weighted by atomic mass is 32.1. The van der Waals surface area contributed by atoms with Gasteiger partial charge >= 0.3 is 0 Å². The number of benzene rings is 1. The Morgan fingerprint density at radius 2 is 2.00 bits per heavy atom. The maximum absolute atomic E-state index is 12.5. The van der Waals surface area contributed by atoms with Gasteiger partial charge < -0.3 is 20.8 Å². The molecule has 0 aliphatic carbocycles. The minimum Gasteiger partial charge on any atom is -0.397 e. The number of likely N-dealkylation sites (tertiary alicyclic amines) is 1. The standard InChI is InChI=1S/C14H16N2O3S/c1-7-3-2-4-8-11(15)13(20-12(7)8)14(19)16-5-9(17)10(18)6-16/h2-4,9-10,17-18H,5-6,15H2,1H3. The zero-order chi connectivity index (χ0) is 14.4. The molecular formula is C14H16N2O3S. The summed E-state index contributed by atoms with van der Waals surface area (Å²) in [4.78, 5) is 14.4. The third-order valence-corrected chi connectivity index (χ3v) is 5.04. The first-order valence-electron chi connectivity index (χ1n) is 6.42. The van der Waals surface area contributed by atoms with Crippen molar-refractivity contribution in [2.75, 3.05) is 18.8 Å². The fourth-order valence-electron chi connectivity index (χ4n) is 2.52. The SMILES string of the molecule is Cc1cccc2c(N)c(C(=O)N3CC(O)C(O)C3)sc12. The minimum atomic E-state index is -0.878. The number of hydrogen-bond acceptors (Lipinski definition) is 5. The number of carbonyl (C=O) groups excluding carboxylic acids is 1. The van der Waals surface area contributed by atoms with Crippen LogP contribution < -0.4 is 5.73 Å². The van der Waals surface area contributed by atoms with Crippen LogP contribution in [0.4, 0.5) is 5.69 Å². The van der Waals surface area contributed by atoms with Crippen molar-refractivity contribution in [2.45, 2.75) is 19.1 Å². The fourth-order valence-corrected chi connectivity index (χ4v) is 3.67. The highest BCUT2D eigenvalue weighted by Crippen LogP contribution is 2.36. The number of nitrogen functional groups attached to an aromatic ring is 1. The lowest BCUT2D eigenvalue weighted by Crippen LogP contribution is -2.29. The molecule has 2 unspecified atom stereocenters. The van der Waals surface area contributed by atoms with Gasteiger partial charge in [-0.3, -0.25) is 4.79 Å². The summed E-state index contributed by atoms with van der Waals surface area (Å²) in [6.07, 6.45) is -1.76. The van der Waals surface area contributed by atoms with Gasteiger partial charge in [0.15, 0.2) is 0 Å². The van der Waals surface area contributed by atoms with Gasteiger partial charge in [-0.1, -0.05) is 18.2 Å². The van der Waals surface area contributed by atoms with Crippen LogP contribution in [0.5, 0.6) is 0 Å². The van der Waals surface area contributed by atoms with E-state index in [1.165, 1.54) is 16.2 Å². The van der Waals surface area contributed by atoms with Crippen LogP contribution in [-0.4, -0.2) is 46.3 Å². The molecule has 0 bridgehead atoms. The Bertz CT molecular complexity index is 672. The number of aliphatic hydroxyl groups is 2. The molecule has 2 atom stereocenters. The molecule has 1 fully saturated rings. The van der Waals surface area contributed by atoms with E-state index in [2.05, 4.69) is 0 Å². The van der Waals surface area contributed by atoms with E-state index in [9.17, 15) is 15.0 Å². The first-order chi connectivity index (χ1) is 9.49. The molecule has 1 saturated heterocycles. The van der Waals surface area contributed by atoms with Crippen molar-refractivity contribution in [3.05, 3.63) is 28.6 Å². The Morgan fingerprint density at radius 1 is 1.35 bits per heavy atom. The van der Waals surface area contributed by atoms with Gasteiger partial charge in [-0.05, 0) is 12.5 Å². The molecule has 1 aromatic carbocycles. The molecule has 20 heavy (non-hydrogen) atoms. The van der Waals surface area contributed by atoms with Gasteiger partial charge in [-0.25, -0.2) is 0 Å². The average Bonchev–Trinajstić information content (AvgIpc) is 2.92. The summed E-state index contributed by atoms with van der Waals surface area (Å²) in [6.45, 7) is 2.27. The Balaban J connectivity index is 2.00. The second-order valence-electron chi connectivity index (χ2n) is 5.14. The highest BCUT2D eigenvalue weighted by molar-refractivity contribution is 7.21. The molecule has 2 aromatic rings. The van der Waals surface area contributed by atoms with Crippen LogP contribution in [-0.2, 0) is 0 Å². The molecule has 0 radical (unpaired) electrons. The van der Waals surface area contributed by atoms with Crippen molar-refractivity contribution in [3.8, 4) is 0 Å². The number of anilines is 1. The summed E-state index contributed by atoms with van der Waals surface area (Å²) in [6, 6.07) is 5.80. The maximum Gasteiger partial charge on any atom is 0.266 e. The van der Waals surface area contributed by atoms with Crippen LogP contribution in [0.25, 0.3) is 10.1 Å². The number of carbonyl (C=O) groups is 1. The van der Waals surface area contributed by atoms with E-state index in [4.69, 9.17) is 5.73 Å². The summed E-state index contributed by atoms with van der Waals surface area (Å²) in [5.41, 5.74) is 7.65. The van der Waals surface area contributed by atoms with Crippen LogP contribution in [0.2, 0.25) is 0 Å². The summed E-state index contributed by atoms with van der Waals surface area (Å²) in [5, 5.41) is 20.0. The number of thiophene rings is 1. The average molecular weight is 292 g/mol. The van der Waals surface area contributed by atoms with E-state index in [0.29, 0.717) is 10.6 Å². The fraction of sp³-hybridized carbons (Fsp3) is 0.357. The molecule has 3 rings (SSSR count). The number of nitrogens with zero attached hydrogens (tertiary/aromatic N) is 1. The summed E-state index contributed by atoms with van der Waals surface area (Å²) >= 11 is 1.37. The highest BCUT2D eigenvalue weighted by Gasteiger charge is 2.34. The lowest BCUT2D eigenvalue weighted by molar-refractivity contribution is 0.0572. The van der Waals surface area contributed by atoms with Gasteiger partial charge in [0, 0.05) is 23.2 Å². The Hall–Kier alpha value is -1.63. The number of amides is 1. The predicted octanol–water partition coefficient (Wildman–Crippen LogP) is 0.970. The Morgan fingerprint density at radius 3 is 2.60 bits per heavy atom. The van der Waals surface area contributed by atoms with Gasteiger partial charge in [0.1, 0.15) is 4.88 Å². The Kier molecular flexibility index (Phi) is 3.16. The number of rotatable bonds is 1. The normalized spacial score (nSPS) is 22.6. The zero-order valence-electron chi connectivity index (χ0n) is 11.0. The summed E-state index contributed by atoms with van der Waals surface area (Å²) in [7, 11) is 0. The molecule has 5 nitrogen and oxygen atoms in total. The predicted molar refractivity (Wildman–Crippen MR) is 78.9 cm³/mol. The van der Waals surface area contributed by atoms with E-state index in [-0.39, 0.29) is 19.0 Å². The molecule has 6 heteroatoms. The molecule has 1 aromatic heterocycles.